The largest absolute Gasteiger partial charge is 0.470 e. The maximum atomic E-state index is 5.77. The maximum Gasteiger partial charge on any atom is 0.259 e. The Bertz CT molecular complexity index is 727. The Labute approximate surface area is 126 Å². The highest BCUT2D eigenvalue weighted by atomic mass is 79.9. The molecule has 3 aromatic rings. The van der Waals surface area contributed by atoms with E-state index in [9.17, 15) is 0 Å². The van der Waals surface area contributed by atoms with Gasteiger partial charge in [0.1, 0.15) is 11.2 Å². The summed E-state index contributed by atoms with van der Waals surface area (Å²) in [6.07, 6.45) is 5.41. The van der Waals surface area contributed by atoms with Crippen LogP contribution in [0.1, 0.15) is 5.56 Å². The van der Waals surface area contributed by atoms with Crippen LogP contribution in [0.2, 0.25) is 0 Å². The van der Waals surface area contributed by atoms with Crippen molar-refractivity contribution in [3.05, 3.63) is 57.5 Å². The predicted octanol–water partition coefficient (Wildman–Crippen LogP) is 3.83. The third-order valence-electron chi connectivity index (χ3n) is 2.64. The summed E-state index contributed by atoms with van der Waals surface area (Å²) in [7, 11) is 0. The molecule has 0 saturated heterocycles. The van der Waals surface area contributed by atoms with Crippen molar-refractivity contribution in [2.75, 3.05) is 0 Å². The maximum absolute atomic E-state index is 5.77. The van der Waals surface area contributed by atoms with Gasteiger partial charge in [0.2, 0.25) is 5.65 Å². The van der Waals surface area contributed by atoms with Crippen molar-refractivity contribution in [1.82, 2.24) is 14.4 Å². The van der Waals surface area contributed by atoms with E-state index in [0.29, 0.717) is 22.7 Å². The highest BCUT2D eigenvalue weighted by Crippen LogP contribution is 2.22. The first-order valence-electron chi connectivity index (χ1n) is 5.59. The minimum atomic E-state index is 0.438. The van der Waals surface area contributed by atoms with E-state index in [1.54, 1.807) is 6.20 Å². The van der Waals surface area contributed by atoms with Crippen LogP contribution in [0.5, 0.6) is 5.88 Å². The van der Waals surface area contributed by atoms with Crippen LogP contribution in [0.4, 0.5) is 0 Å². The molecule has 0 N–H and O–H groups in total. The average Bonchev–Trinajstić information content (AvgIpc) is 2.85. The van der Waals surface area contributed by atoms with Crippen LogP contribution in [0.3, 0.4) is 0 Å². The first kappa shape index (κ1) is 12.6. The lowest BCUT2D eigenvalue weighted by Gasteiger charge is -2.08. The minimum absolute atomic E-state index is 0.438. The van der Waals surface area contributed by atoms with Gasteiger partial charge in [-0.25, -0.2) is 9.97 Å². The average molecular weight is 383 g/mol. The van der Waals surface area contributed by atoms with E-state index in [2.05, 4.69) is 41.8 Å². The van der Waals surface area contributed by atoms with Gasteiger partial charge in [-0.05, 0) is 22.0 Å². The normalized spacial score (nSPS) is 10.8. The highest BCUT2D eigenvalue weighted by molar-refractivity contribution is 9.10. The van der Waals surface area contributed by atoms with Crippen molar-refractivity contribution in [2.24, 2.45) is 0 Å². The quantitative estimate of drug-likeness (QED) is 0.690. The molecule has 0 amide bonds. The van der Waals surface area contributed by atoms with Gasteiger partial charge in [-0.1, -0.05) is 34.1 Å². The molecule has 0 fully saturated rings. The van der Waals surface area contributed by atoms with Crippen molar-refractivity contribution in [1.29, 1.82) is 0 Å². The Kier molecular flexibility index (Phi) is 3.52. The Morgan fingerprint density at radius 1 is 1.21 bits per heavy atom. The third kappa shape index (κ3) is 2.64. The summed E-state index contributed by atoms with van der Waals surface area (Å²) < 4.78 is 9.36. The van der Waals surface area contributed by atoms with Crippen molar-refractivity contribution in [2.45, 2.75) is 6.61 Å². The van der Waals surface area contributed by atoms with Gasteiger partial charge < -0.3 is 4.74 Å². The fourth-order valence-electron chi connectivity index (χ4n) is 1.73. The topological polar surface area (TPSA) is 39.4 Å². The fraction of sp³-hybridized carbons (Fsp3) is 0.0769. The monoisotopic (exact) mass is 381 g/mol. The molecule has 6 heteroatoms. The van der Waals surface area contributed by atoms with E-state index in [0.717, 1.165) is 10.0 Å². The van der Waals surface area contributed by atoms with Gasteiger partial charge in [0.15, 0.2) is 0 Å². The van der Waals surface area contributed by atoms with E-state index < -0.39 is 0 Å². The number of nitrogens with zero attached hydrogens (tertiary/aromatic N) is 3. The number of aromatic nitrogens is 3. The number of fused-ring (bicyclic) bond motifs is 1. The molecule has 0 radical (unpaired) electrons. The SMILES string of the molecule is Brc1cn2ccnc2c(OCc2ccccc2Br)n1. The highest BCUT2D eigenvalue weighted by Gasteiger charge is 2.08. The Balaban J connectivity index is 1.90. The molecule has 0 aliphatic rings. The molecule has 2 heterocycles. The fourth-order valence-corrected chi connectivity index (χ4v) is 2.51. The molecule has 0 atom stereocenters. The van der Waals surface area contributed by atoms with Crippen molar-refractivity contribution >= 4 is 37.5 Å². The number of benzene rings is 1. The van der Waals surface area contributed by atoms with Crippen LogP contribution in [-0.4, -0.2) is 14.4 Å². The standard InChI is InChI=1S/C13H9Br2N3O/c14-10-4-2-1-3-9(10)8-19-13-12-16-5-6-18(12)7-11(15)17-13/h1-7H,8H2. The second-order valence-corrected chi connectivity index (χ2v) is 5.57. The molecule has 1 aromatic carbocycles. The molecule has 0 spiro atoms. The third-order valence-corrected chi connectivity index (χ3v) is 3.79. The first-order chi connectivity index (χ1) is 9.24. The van der Waals surface area contributed by atoms with Crippen LogP contribution >= 0.6 is 31.9 Å². The smallest absolute Gasteiger partial charge is 0.259 e. The summed E-state index contributed by atoms with van der Waals surface area (Å²) in [6.45, 7) is 0.438. The Morgan fingerprint density at radius 3 is 2.89 bits per heavy atom. The van der Waals surface area contributed by atoms with Crippen LogP contribution in [-0.2, 0) is 6.61 Å². The molecular weight excluding hydrogens is 374 g/mol. The molecular formula is C13H9Br2N3O. The minimum Gasteiger partial charge on any atom is -0.470 e. The second kappa shape index (κ2) is 5.30. The summed E-state index contributed by atoms with van der Waals surface area (Å²) in [4.78, 5) is 8.55. The summed E-state index contributed by atoms with van der Waals surface area (Å²) in [5.74, 6) is 0.509. The summed E-state index contributed by atoms with van der Waals surface area (Å²) in [5, 5.41) is 0. The zero-order valence-electron chi connectivity index (χ0n) is 9.75. The van der Waals surface area contributed by atoms with E-state index in [1.165, 1.54) is 0 Å². The molecule has 0 bridgehead atoms. The van der Waals surface area contributed by atoms with Gasteiger partial charge in [0.25, 0.3) is 5.88 Å². The van der Waals surface area contributed by atoms with Crippen LogP contribution in [0.15, 0.2) is 51.9 Å². The summed E-state index contributed by atoms with van der Waals surface area (Å²) >= 11 is 6.86. The van der Waals surface area contributed by atoms with E-state index >= 15 is 0 Å². The molecule has 0 aliphatic heterocycles. The van der Waals surface area contributed by atoms with E-state index in [1.807, 2.05) is 41.1 Å². The van der Waals surface area contributed by atoms with Gasteiger partial charge in [-0.2, -0.15) is 0 Å². The van der Waals surface area contributed by atoms with Crippen molar-refractivity contribution < 1.29 is 4.74 Å². The molecule has 3 rings (SSSR count). The summed E-state index contributed by atoms with van der Waals surface area (Å²) in [5.41, 5.74) is 1.77. The van der Waals surface area contributed by atoms with Gasteiger partial charge >= 0.3 is 0 Å². The predicted molar refractivity (Wildman–Crippen MR) is 79.2 cm³/mol. The number of rotatable bonds is 3. The lowest BCUT2D eigenvalue weighted by atomic mass is 10.2. The van der Waals surface area contributed by atoms with Crippen LogP contribution < -0.4 is 4.74 Å². The molecule has 19 heavy (non-hydrogen) atoms. The number of imidazole rings is 1. The van der Waals surface area contributed by atoms with Gasteiger partial charge in [0.05, 0.1) is 0 Å². The van der Waals surface area contributed by atoms with Crippen LogP contribution in [0.25, 0.3) is 5.65 Å². The molecule has 2 aromatic heterocycles. The molecule has 0 saturated carbocycles. The Hall–Kier alpha value is -1.40. The van der Waals surface area contributed by atoms with Crippen molar-refractivity contribution in [3.63, 3.8) is 0 Å². The molecule has 4 nitrogen and oxygen atoms in total. The molecule has 0 unspecified atom stereocenters. The number of ether oxygens (including phenoxy) is 1. The zero-order valence-corrected chi connectivity index (χ0v) is 12.9. The van der Waals surface area contributed by atoms with Gasteiger partial charge in [-0.15, -0.1) is 0 Å². The Morgan fingerprint density at radius 2 is 2.05 bits per heavy atom. The first-order valence-corrected chi connectivity index (χ1v) is 7.18. The molecule has 96 valence electrons. The zero-order chi connectivity index (χ0) is 13.2. The lowest BCUT2D eigenvalue weighted by molar-refractivity contribution is 0.294. The number of halogens is 2. The second-order valence-electron chi connectivity index (χ2n) is 3.91. The lowest BCUT2D eigenvalue weighted by Crippen LogP contribution is -2.01. The van der Waals surface area contributed by atoms with Crippen LogP contribution in [0, 0.1) is 0 Å². The summed E-state index contributed by atoms with van der Waals surface area (Å²) in [6, 6.07) is 7.93. The number of hydrogen-bond acceptors (Lipinski definition) is 3. The van der Waals surface area contributed by atoms with Crippen molar-refractivity contribution in [3.8, 4) is 5.88 Å². The van der Waals surface area contributed by atoms with E-state index in [4.69, 9.17) is 4.74 Å². The van der Waals surface area contributed by atoms with Gasteiger partial charge in [-0.3, -0.25) is 4.40 Å². The molecule has 0 aliphatic carbocycles. The van der Waals surface area contributed by atoms with E-state index in [-0.39, 0.29) is 0 Å². The number of hydrogen-bond donors (Lipinski definition) is 0. The van der Waals surface area contributed by atoms with Gasteiger partial charge in [0, 0.05) is 28.6 Å².